The van der Waals surface area contributed by atoms with E-state index in [0.29, 0.717) is 16.1 Å². The normalized spacial score (nSPS) is 12.8. The molecule has 18 heavy (non-hydrogen) atoms. The maximum Gasteiger partial charge on any atom is 0.242 e. The highest BCUT2D eigenvalue weighted by Crippen LogP contribution is 2.33. The zero-order chi connectivity index (χ0) is 14.3. The summed E-state index contributed by atoms with van der Waals surface area (Å²) < 4.78 is 27.3. The van der Waals surface area contributed by atoms with Crippen molar-refractivity contribution in [2.75, 3.05) is 0 Å². The number of rotatable bonds is 2. The van der Waals surface area contributed by atoms with Crippen LogP contribution in [0, 0.1) is 13.8 Å². The van der Waals surface area contributed by atoms with Gasteiger partial charge in [0.15, 0.2) is 0 Å². The molecular formula is C12H17Cl2NO2S. The van der Waals surface area contributed by atoms with Gasteiger partial charge >= 0.3 is 0 Å². The van der Waals surface area contributed by atoms with E-state index in [1.54, 1.807) is 40.7 Å². The van der Waals surface area contributed by atoms with Crippen molar-refractivity contribution in [2.45, 2.75) is 45.1 Å². The molecule has 0 saturated carbocycles. The van der Waals surface area contributed by atoms with Crippen LogP contribution in [0.5, 0.6) is 0 Å². The molecule has 0 saturated heterocycles. The average molecular weight is 310 g/mol. The van der Waals surface area contributed by atoms with Gasteiger partial charge in [0.05, 0.1) is 5.02 Å². The number of hydrogen-bond acceptors (Lipinski definition) is 2. The topological polar surface area (TPSA) is 46.2 Å². The highest BCUT2D eigenvalue weighted by atomic mass is 35.5. The van der Waals surface area contributed by atoms with Crippen LogP contribution in [0.2, 0.25) is 10.0 Å². The zero-order valence-corrected chi connectivity index (χ0v) is 13.4. The molecule has 6 heteroatoms. The Labute approximate surface area is 119 Å². The lowest BCUT2D eigenvalue weighted by Crippen LogP contribution is -2.40. The fourth-order valence-electron chi connectivity index (χ4n) is 1.59. The Balaban J connectivity index is 3.51. The Morgan fingerprint density at radius 2 is 1.67 bits per heavy atom. The third-order valence-electron chi connectivity index (χ3n) is 2.30. The summed E-state index contributed by atoms with van der Waals surface area (Å²) in [5.74, 6) is 0. The molecule has 0 aromatic heterocycles. The summed E-state index contributed by atoms with van der Waals surface area (Å²) in [6.07, 6.45) is 0. The monoisotopic (exact) mass is 309 g/mol. The molecule has 0 spiro atoms. The Hall–Kier alpha value is -0.290. The summed E-state index contributed by atoms with van der Waals surface area (Å²) in [6.45, 7) is 8.68. The van der Waals surface area contributed by atoms with Crippen LogP contribution in [-0.4, -0.2) is 14.0 Å². The van der Waals surface area contributed by atoms with Gasteiger partial charge in [-0.2, -0.15) is 0 Å². The Morgan fingerprint density at radius 1 is 1.17 bits per heavy atom. The van der Waals surface area contributed by atoms with E-state index >= 15 is 0 Å². The van der Waals surface area contributed by atoms with Crippen molar-refractivity contribution in [3.05, 3.63) is 27.2 Å². The Kier molecular flexibility index (Phi) is 4.38. The second kappa shape index (κ2) is 5.00. The number of sulfonamides is 1. The van der Waals surface area contributed by atoms with Crippen molar-refractivity contribution in [2.24, 2.45) is 0 Å². The molecule has 0 radical (unpaired) electrons. The molecule has 3 nitrogen and oxygen atoms in total. The molecule has 1 aromatic rings. The van der Waals surface area contributed by atoms with E-state index in [9.17, 15) is 8.42 Å². The molecule has 1 rings (SSSR count). The summed E-state index contributed by atoms with van der Waals surface area (Å²) >= 11 is 12.1. The van der Waals surface area contributed by atoms with Crippen molar-refractivity contribution < 1.29 is 8.42 Å². The van der Waals surface area contributed by atoms with E-state index in [2.05, 4.69) is 4.72 Å². The first-order chi connectivity index (χ1) is 7.96. The molecule has 0 aliphatic rings. The van der Waals surface area contributed by atoms with E-state index in [0.717, 1.165) is 0 Å². The van der Waals surface area contributed by atoms with Crippen molar-refractivity contribution in [3.8, 4) is 0 Å². The van der Waals surface area contributed by atoms with Crippen molar-refractivity contribution >= 4 is 33.2 Å². The first kappa shape index (κ1) is 15.8. The molecular weight excluding hydrogens is 293 g/mol. The fourth-order valence-corrected chi connectivity index (χ4v) is 4.22. The summed E-state index contributed by atoms with van der Waals surface area (Å²) in [7, 11) is -3.69. The fraction of sp³-hybridized carbons (Fsp3) is 0.500. The van der Waals surface area contributed by atoms with Crippen LogP contribution in [0.15, 0.2) is 11.0 Å². The van der Waals surface area contributed by atoms with Crippen molar-refractivity contribution in [3.63, 3.8) is 0 Å². The Morgan fingerprint density at radius 3 is 2.11 bits per heavy atom. The van der Waals surface area contributed by atoms with Gasteiger partial charge in [0, 0.05) is 10.6 Å². The lowest BCUT2D eigenvalue weighted by atomic mass is 10.1. The average Bonchev–Trinajstić information content (AvgIpc) is 2.10. The minimum Gasteiger partial charge on any atom is -0.207 e. The maximum absolute atomic E-state index is 12.3. The van der Waals surface area contributed by atoms with Gasteiger partial charge in [0.1, 0.15) is 4.90 Å². The largest absolute Gasteiger partial charge is 0.242 e. The van der Waals surface area contributed by atoms with Gasteiger partial charge in [-0.15, -0.1) is 0 Å². The summed E-state index contributed by atoms with van der Waals surface area (Å²) in [5, 5.41) is 0.611. The second-order valence-corrected chi connectivity index (χ2v) is 7.70. The van der Waals surface area contributed by atoms with Gasteiger partial charge in [-0.1, -0.05) is 23.2 Å². The Bertz CT molecular complexity index is 548. The van der Waals surface area contributed by atoms with E-state index < -0.39 is 15.6 Å². The van der Waals surface area contributed by atoms with Gasteiger partial charge in [-0.25, -0.2) is 13.1 Å². The minimum absolute atomic E-state index is 0.0593. The quantitative estimate of drug-likeness (QED) is 0.905. The van der Waals surface area contributed by atoms with Crippen LogP contribution in [0.25, 0.3) is 0 Å². The van der Waals surface area contributed by atoms with E-state index in [1.165, 1.54) is 0 Å². The third kappa shape index (κ3) is 3.38. The van der Waals surface area contributed by atoms with Crippen LogP contribution in [0.1, 0.15) is 31.9 Å². The van der Waals surface area contributed by atoms with E-state index in [1.807, 2.05) is 0 Å². The molecule has 1 N–H and O–H groups in total. The number of halogens is 2. The van der Waals surface area contributed by atoms with E-state index in [4.69, 9.17) is 23.2 Å². The molecule has 102 valence electrons. The van der Waals surface area contributed by atoms with Crippen LogP contribution in [0.3, 0.4) is 0 Å². The lowest BCUT2D eigenvalue weighted by molar-refractivity contribution is 0.491. The summed E-state index contributed by atoms with van der Waals surface area (Å²) in [4.78, 5) is 0.0593. The van der Waals surface area contributed by atoms with Crippen LogP contribution in [-0.2, 0) is 10.0 Å². The smallest absolute Gasteiger partial charge is 0.207 e. The lowest BCUT2D eigenvalue weighted by Gasteiger charge is -2.22. The van der Waals surface area contributed by atoms with Gasteiger partial charge < -0.3 is 0 Å². The number of nitrogens with one attached hydrogen (secondary N) is 1. The van der Waals surface area contributed by atoms with Crippen LogP contribution >= 0.6 is 23.2 Å². The molecule has 0 bridgehead atoms. The zero-order valence-electron chi connectivity index (χ0n) is 11.1. The van der Waals surface area contributed by atoms with Crippen LogP contribution < -0.4 is 4.72 Å². The minimum atomic E-state index is -3.69. The molecule has 0 unspecified atom stereocenters. The maximum atomic E-state index is 12.3. The van der Waals surface area contributed by atoms with Gasteiger partial charge in [-0.3, -0.25) is 0 Å². The predicted octanol–water partition coefficient (Wildman–Crippen LogP) is 3.69. The highest BCUT2D eigenvalue weighted by molar-refractivity contribution is 7.89. The van der Waals surface area contributed by atoms with E-state index in [-0.39, 0.29) is 9.92 Å². The molecule has 0 aliphatic carbocycles. The second-order valence-electron chi connectivity index (χ2n) is 5.30. The predicted molar refractivity (Wildman–Crippen MR) is 76.0 cm³/mol. The first-order valence-corrected chi connectivity index (χ1v) is 7.69. The van der Waals surface area contributed by atoms with Gasteiger partial charge in [0.2, 0.25) is 10.0 Å². The van der Waals surface area contributed by atoms with Crippen molar-refractivity contribution in [1.82, 2.24) is 4.72 Å². The third-order valence-corrected chi connectivity index (χ3v) is 5.22. The number of aryl methyl sites for hydroxylation is 1. The van der Waals surface area contributed by atoms with Gasteiger partial charge in [-0.05, 0) is 51.8 Å². The SMILES string of the molecule is Cc1cc(Cl)c(C)c(S(=O)(=O)NC(C)(C)C)c1Cl. The molecule has 1 aromatic carbocycles. The first-order valence-electron chi connectivity index (χ1n) is 5.45. The van der Waals surface area contributed by atoms with Crippen molar-refractivity contribution in [1.29, 1.82) is 0 Å². The summed E-state index contributed by atoms with van der Waals surface area (Å²) in [5.41, 5.74) is 0.524. The highest BCUT2D eigenvalue weighted by Gasteiger charge is 2.27. The molecule has 0 heterocycles. The summed E-state index contributed by atoms with van der Waals surface area (Å²) in [6, 6.07) is 1.66. The molecule has 0 fully saturated rings. The molecule has 0 atom stereocenters. The standard InChI is InChI=1S/C12H17Cl2NO2S/c1-7-6-9(13)8(2)11(10(7)14)18(16,17)15-12(3,4)5/h6,15H,1-5H3. The molecule has 0 aliphatic heterocycles. The number of hydrogen-bond donors (Lipinski definition) is 1. The van der Waals surface area contributed by atoms with Gasteiger partial charge in [0.25, 0.3) is 0 Å². The number of benzene rings is 1. The molecule has 0 amide bonds. The van der Waals surface area contributed by atoms with Crippen LogP contribution in [0.4, 0.5) is 0 Å².